The summed E-state index contributed by atoms with van der Waals surface area (Å²) in [6, 6.07) is 0. The van der Waals surface area contributed by atoms with Crippen molar-refractivity contribution < 1.29 is 9.53 Å². The van der Waals surface area contributed by atoms with Crippen LogP contribution in [0.15, 0.2) is 12.2 Å². The van der Waals surface area contributed by atoms with Crippen LogP contribution < -0.4 is 0 Å². The van der Waals surface area contributed by atoms with Gasteiger partial charge in [0.2, 0.25) is 0 Å². The molecule has 0 spiro atoms. The van der Waals surface area contributed by atoms with E-state index in [1.807, 2.05) is 6.92 Å². The van der Waals surface area contributed by atoms with Gasteiger partial charge in [-0.2, -0.15) is 0 Å². The molecule has 74 valence electrons. The summed E-state index contributed by atoms with van der Waals surface area (Å²) in [5, 5.41) is 0. The first-order valence-electron chi connectivity index (χ1n) is 5.12. The Hall–Kier alpha value is -0.790. The minimum absolute atomic E-state index is 0.157. The van der Waals surface area contributed by atoms with E-state index < -0.39 is 0 Å². The Labute approximate surface area is 80.0 Å². The molecule has 0 saturated heterocycles. The zero-order valence-electron chi connectivity index (χ0n) is 8.34. The predicted octanol–water partition coefficient (Wildman–Crippen LogP) is 2.83. The van der Waals surface area contributed by atoms with Crippen LogP contribution in [0.25, 0.3) is 0 Å². The van der Waals surface area contributed by atoms with Crippen molar-refractivity contribution in [1.82, 2.24) is 0 Å². The summed E-state index contributed by atoms with van der Waals surface area (Å²) in [4.78, 5) is 11.3. The van der Waals surface area contributed by atoms with Gasteiger partial charge in [0.1, 0.15) is 6.10 Å². The first kappa shape index (κ1) is 10.3. The van der Waals surface area contributed by atoms with Crippen molar-refractivity contribution >= 4 is 5.97 Å². The molecular formula is C11H18O2. The Kier molecular flexibility index (Phi) is 4.00. The van der Waals surface area contributed by atoms with Gasteiger partial charge in [0.15, 0.2) is 0 Å². The third-order valence-electron chi connectivity index (χ3n) is 2.54. The average Bonchev–Trinajstić information content (AvgIpc) is 2.18. The third-order valence-corrected chi connectivity index (χ3v) is 2.54. The molecule has 1 aliphatic rings. The van der Waals surface area contributed by atoms with Gasteiger partial charge < -0.3 is 4.74 Å². The molecule has 2 heteroatoms. The lowest BCUT2D eigenvalue weighted by Gasteiger charge is -2.21. The number of carbonyl (C=O) groups is 1. The van der Waals surface area contributed by atoms with Crippen LogP contribution in [0, 0.1) is 0 Å². The number of rotatable bonds is 3. The first-order valence-corrected chi connectivity index (χ1v) is 5.12. The van der Waals surface area contributed by atoms with Crippen molar-refractivity contribution in [1.29, 1.82) is 0 Å². The standard InChI is InChI=1S/C11H18O2/c1-3-9(2)11(12)13-10-7-5-4-6-8-10/h10H,2-8H2,1H3. The monoisotopic (exact) mass is 182 g/mol. The molecule has 1 fully saturated rings. The number of hydrogen-bond acceptors (Lipinski definition) is 2. The van der Waals surface area contributed by atoms with Crippen molar-refractivity contribution in [3.05, 3.63) is 12.2 Å². The van der Waals surface area contributed by atoms with E-state index in [4.69, 9.17) is 4.74 Å². The van der Waals surface area contributed by atoms with Gasteiger partial charge in [-0.1, -0.05) is 19.9 Å². The second-order valence-corrected chi connectivity index (χ2v) is 3.62. The minimum Gasteiger partial charge on any atom is -0.459 e. The summed E-state index contributed by atoms with van der Waals surface area (Å²) >= 11 is 0. The van der Waals surface area contributed by atoms with Gasteiger partial charge in [0.05, 0.1) is 0 Å². The fourth-order valence-corrected chi connectivity index (χ4v) is 1.56. The highest BCUT2D eigenvalue weighted by molar-refractivity contribution is 5.87. The largest absolute Gasteiger partial charge is 0.459 e. The van der Waals surface area contributed by atoms with E-state index in [0.29, 0.717) is 12.0 Å². The van der Waals surface area contributed by atoms with Crippen LogP contribution in [0.2, 0.25) is 0 Å². The van der Waals surface area contributed by atoms with Gasteiger partial charge in [-0.15, -0.1) is 0 Å². The molecule has 0 heterocycles. The summed E-state index contributed by atoms with van der Waals surface area (Å²) in [5.74, 6) is -0.200. The summed E-state index contributed by atoms with van der Waals surface area (Å²) in [6.45, 7) is 5.59. The molecule has 0 N–H and O–H groups in total. The van der Waals surface area contributed by atoms with E-state index in [2.05, 4.69) is 6.58 Å². The highest BCUT2D eigenvalue weighted by atomic mass is 16.5. The molecule has 1 saturated carbocycles. The highest BCUT2D eigenvalue weighted by Gasteiger charge is 2.18. The second-order valence-electron chi connectivity index (χ2n) is 3.62. The maximum Gasteiger partial charge on any atom is 0.333 e. The summed E-state index contributed by atoms with van der Waals surface area (Å²) < 4.78 is 5.31. The Morgan fingerprint density at radius 3 is 2.54 bits per heavy atom. The highest BCUT2D eigenvalue weighted by Crippen LogP contribution is 2.21. The molecule has 0 unspecified atom stereocenters. The molecular weight excluding hydrogens is 164 g/mol. The molecule has 1 rings (SSSR count). The van der Waals surface area contributed by atoms with E-state index >= 15 is 0 Å². The topological polar surface area (TPSA) is 26.3 Å². The molecule has 1 aliphatic carbocycles. The van der Waals surface area contributed by atoms with Gasteiger partial charge in [-0.25, -0.2) is 4.79 Å². The molecule has 0 atom stereocenters. The maximum atomic E-state index is 11.3. The molecule has 0 radical (unpaired) electrons. The van der Waals surface area contributed by atoms with E-state index in [9.17, 15) is 4.79 Å². The molecule has 0 aromatic rings. The first-order chi connectivity index (χ1) is 6.24. The van der Waals surface area contributed by atoms with E-state index in [-0.39, 0.29) is 12.1 Å². The van der Waals surface area contributed by atoms with Crippen LogP contribution in [0.1, 0.15) is 45.4 Å². The van der Waals surface area contributed by atoms with E-state index in [0.717, 1.165) is 12.8 Å². The lowest BCUT2D eigenvalue weighted by molar-refractivity contribution is -0.145. The third kappa shape index (κ3) is 3.21. The van der Waals surface area contributed by atoms with Gasteiger partial charge in [-0.05, 0) is 32.1 Å². The van der Waals surface area contributed by atoms with Crippen LogP contribution in [0.5, 0.6) is 0 Å². The van der Waals surface area contributed by atoms with Crippen molar-refractivity contribution in [2.45, 2.75) is 51.6 Å². The summed E-state index contributed by atoms with van der Waals surface area (Å²) in [6.07, 6.45) is 6.57. The molecule has 0 aromatic carbocycles. The fourth-order valence-electron chi connectivity index (χ4n) is 1.56. The molecule has 2 nitrogen and oxygen atoms in total. The van der Waals surface area contributed by atoms with Crippen molar-refractivity contribution in [3.63, 3.8) is 0 Å². The Morgan fingerprint density at radius 1 is 1.38 bits per heavy atom. The fraction of sp³-hybridized carbons (Fsp3) is 0.727. The Balaban J connectivity index is 2.30. The molecule has 0 amide bonds. The van der Waals surface area contributed by atoms with Crippen molar-refractivity contribution in [3.8, 4) is 0 Å². The Bertz CT molecular complexity index is 190. The zero-order chi connectivity index (χ0) is 9.68. The normalized spacial score (nSPS) is 18.2. The molecule has 0 bridgehead atoms. The van der Waals surface area contributed by atoms with Crippen LogP contribution in [0.3, 0.4) is 0 Å². The number of hydrogen-bond donors (Lipinski definition) is 0. The van der Waals surface area contributed by atoms with Gasteiger partial charge in [0.25, 0.3) is 0 Å². The predicted molar refractivity (Wildman–Crippen MR) is 52.4 cm³/mol. The molecule has 13 heavy (non-hydrogen) atoms. The number of ether oxygens (including phenoxy) is 1. The van der Waals surface area contributed by atoms with Crippen molar-refractivity contribution in [2.75, 3.05) is 0 Å². The maximum absolute atomic E-state index is 11.3. The van der Waals surface area contributed by atoms with E-state index in [1.165, 1.54) is 19.3 Å². The Morgan fingerprint density at radius 2 is 2.00 bits per heavy atom. The van der Waals surface area contributed by atoms with Gasteiger partial charge in [-0.3, -0.25) is 0 Å². The van der Waals surface area contributed by atoms with Crippen LogP contribution in [-0.2, 0) is 9.53 Å². The number of esters is 1. The average molecular weight is 182 g/mol. The van der Waals surface area contributed by atoms with Crippen LogP contribution >= 0.6 is 0 Å². The zero-order valence-corrected chi connectivity index (χ0v) is 8.34. The number of carbonyl (C=O) groups excluding carboxylic acids is 1. The van der Waals surface area contributed by atoms with E-state index in [1.54, 1.807) is 0 Å². The SMILES string of the molecule is C=C(CC)C(=O)OC1CCCCC1. The quantitative estimate of drug-likeness (QED) is 0.495. The minimum atomic E-state index is -0.200. The smallest absolute Gasteiger partial charge is 0.333 e. The lowest BCUT2D eigenvalue weighted by atomic mass is 9.98. The van der Waals surface area contributed by atoms with Gasteiger partial charge in [0, 0.05) is 5.57 Å². The van der Waals surface area contributed by atoms with Gasteiger partial charge >= 0.3 is 5.97 Å². The summed E-state index contributed by atoms with van der Waals surface area (Å²) in [7, 11) is 0. The van der Waals surface area contributed by atoms with Crippen molar-refractivity contribution in [2.24, 2.45) is 0 Å². The van der Waals surface area contributed by atoms with Crippen LogP contribution in [0.4, 0.5) is 0 Å². The lowest BCUT2D eigenvalue weighted by Crippen LogP contribution is -2.21. The second kappa shape index (κ2) is 5.05. The molecule has 0 aromatic heterocycles. The van der Waals surface area contributed by atoms with Crippen LogP contribution in [-0.4, -0.2) is 12.1 Å². The summed E-state index contributed by atoms with van der Waals surface area (Å²) in [5.41, 5.74) is 0.588. The molecule has 0 aliphatic heterocycles.